The molecular formula is C16H23LiOSi. The minimum Gasteiger partial charge on any atom is -0.515 e. The summed E-state index contributed by atoms with van der Waals surface area (Å²) >= 11 is 0. The molecule has 0 saturated heterocycles. The van der Waals surface area contributed by atoms with Crippen LogP contribution >= 0.6 is 0 Å². The molecule has 0 bridgehead atoms. The summed E-state index contributed by atoms with van der Waals surface area (Å²) in [5, 5.41) is 0. The van der Waals surface area contributed by atoms with Crippen LogP contribution in [0.5, 0.6) is 5.75 Å². The number of hydrogen-bond acceptors (Lipinski definition) is 1. The van der Waals surface area contributed by atoms with Crippen LogP contribution in [0.3, 0.4) is 0 Å². The van der Waals surface area contributed by atoms with Gasteiger partial charge >= 0.3 is 18.9 Å². The van der Waals surface area contributed by atoms with Gasteiger partial charge in [-0.25, -0.2) is 0 Å². The van der Waals surface area contributed by atoms with Crippen LogP contribution in [0.15, 0.2) is 23.9 Å². The number of aryl methyl sites for hydroxylation is 2. The van der Waals surface area contributed by atoms with E-state index in [0.717, 1.165) is 12.2 Å². The van der Waals surface area contributed by atoms with Gasteiger partial charge < -0.3 is 4.74 Å². The van der Waals surface area contributed by atoms with Crippen LogP contribution in [0, 0.1) is 6.07 Å². The van der Waals surface area contributed by atoms with Crippen molar-refractivity contribution < 1.29 is 23.6 Å². The standard InChI is InChI=1S/C16H23OSi.Li/c1-18(2,3)12-6-11-17-16-10-9-14-7-4-5-8-15(14)13-16;/h6,9-10,12H,4-5,7-8,11H2,1-3H3;/q-1;+1/b12-6+;. The van der Waals surface area contributed by atoms with Crippen LogP contribution in [-0.2, 0) is 12.8 Å². The summed E-state index contributed by atoms with van der Waals surface area (Å²) in [6.45, 7) is 7.65. The molecule has 0 amide bonds. The van der Waals surface area contributed by atoms with Crippen LogP contribution in [-0.4, -0.2) is 14.7 Å². The third-order valence-corrected chi connectivity index (χ3v) is 4.41. The van der Waals surface area contributed by atoms with Crippen LogP contribution in [0.4, 0.5) is 0 Å². The van der Waals surface area contributed by atoms with Crippen molar-refractivity contribution in [1.82, 2.24) is 0 Å². The maximum Gasteiger partial charge on any atom is 1.00 e. The summed E-state index contributed by atoms with van der Waals surface area (Å²) in [6, 6.07) is 7.69. The first-order valence-electron chi connectivity index (χ1n) is 6.89. The van der Waals surface area contributed by atoms with E-state index in [-0.39, 0.29) is 18.9 Å². The first-order valence-corrected chi connectivity index (χ1v) is 10.5. The molecule has 0 atom stereocenters. The van der Waals surface area contributed by atoms with E-state index < -0.39 is 8.07 Å². The average Bonchev–Trinajstić information content (AvgIpc) is 2.33. The number of rotatable bonds is 4. The first-order chi connectivity index (χ1) is 8.54. The molecule has 1 nitrogen and oxygen atoms in total. The van der Waals surface area contributed by atoms with Gasteiger partial charge in [-0.2, -0.15) is 17.2 Å². The Morgan fingerprint density at radius 2 is 1.95 bits per heavy atom. The van der Waals surface area contributed by atoms with Crippen molar-refractivity contribution in [3.63, 3.8) is 0 Å². The zero-order chi connectivity index (χ0) is 13.0. The molecule has 0 saturated carbocycles. The monoisotopic (exact) mass is 266 g/mol. The van der Waals surface area contributed by atoms with Crippen molar-refractivity contribution in [2.24, 2.45) is 0 Å². The Bertz CT molecular complexity index is 435. The zero-order valence-corrected chi connectivity index (χ0v) is 13.8. The number of fused-ring (bicyclic) bond motifs is 1. The third-order valence-electron chi connectivity index (χ3n) is 3.17. The van der Waals surface area contributed by atoms with Gasteiger partial charge in [-0.1, -0.05) is 57.1 Å². The molecule has 1 aliphatic carbocycles. The Kier molecular flexibility index (Phi) is 6.46. The second-order valence-corrected chi connectivity index (χ2v) is 11.2. The van der Waals surface area contributed by atoms with Crippen molar-refractivity contribution in [3.8, 4) is 5.75 Å². The van der Waals surface area contributed by atoms with Crippen molar-refractivity contribution in [2.45, 2.75) is 45.3 Å². The average molecular weight is 266 g/mol. The van der Waals surface area contributed by atoms with Crippen LogP contribution in [0.1, 0.15) is 24.0 Å². The third kappa shape index (κ3) is 5.61. The van der Waals surface area contributed by atoms with Crippen LogP contribution in [0.25, 0.3) is 0 Å². The van der Waals surface area contributed by atoms with Gasteiger partial charge in [0.05, 0.1) is 8.07 Å². The molecule has 19 heavy (non-hydrogen) atoms. The van der Waals surface area contributed by atoms with Crippen molar-refractivity contribution in [2.75, 3.05) is 6.61 Å². The molecule has 3 heteroatoms. The normalized spacial score (nSPS) is 14.9. The molecule has 1 aromatic carbocycles. The van der Waals surface area contributed by atoms with Crippen molar-refractivity contribution in [3.05, 3.63) is 41.1 Å². The van der Waals surface area contributed by atoms with E-state index in [9.17, 15) is 0 Å². The predicted octanol–water partition coefficient (Wildman–Crippen LogP) is 1.18. The summed E-state index contributed by atoms with van der Waals surface area (Å²) < 4.78 is 5.75. The van der Waals surface area contributed by atoms with E-state index in [1.54, 1.807) is 0 Å². The number of hydrogen-bond donors (Lipinski definition) is 0. The molecule has 98 valence electrons. The fraction of sp³-hybridized carbons (Fsp3) is 0.500. The Morgan fingerprint density at radius 1 is 1.21 bits per heavy atom. The summed E-state index contributed by atoms with van der Waals surface area (Å²) in [7, 11) is -1.09. The van der Waals surface area contributed by atoms with Crippen LogP contribution < -0.4 is 23.6 Å². The molecule has 2 rings (SSSR count). The Balaban J connectivity index is 0.00000180. The summed E-state index contributed by atoms with van der Waals surface area (Å²) in [4.78, 5) is 0. The minimum atomic E-state index is -1.09. The molecule has 0 heterocycles. The largest absolute Gasteiger partial charge is 1.00 e. The second kappa shape index (κ2) is 7.38. The Morgan fingerprint density at radius 3 is 2.68 bits per heavy atom. The Hall–Kier alpha value is -0.426. The van der Waals surface area contributed by atoms with Gasteiger partial charge in [0.25, 0.3) is 0 Å². The Labute approximate surface area is 130 Å². The summed E-state index contributed by atoms with van der Waals surface area (Å²) in [5.41, 5.74) is 5.16. The fourth-order valence-electron chi connectivity index (χ4n) is 2.25. The molecule has 0 fully saturated rings. The smallest absolute Gasteiger partial charge is 0.515 e. The molecule has 0 N–H and O–H groups in total. The van der Waals surface area contributed by atoms with E-state index in [0.29, 0.717) is 6.61 Å². The number of ether oxygens (including phenoxy) is 1. The van der Waals surface area contributed by atoms with Gasteiger partial charge in [0.1, 0.15) is 6.61 Å². The van der Waals surface area contributed by atoms with E-state index in [1.807, 2.05) is 0 Å². The molecular weight excluding hydrogens is 243 g/mol. The van der Waals surface area contributed by atoms with Crippen molar-refractivity contribution in [1.29, 1.82) is 0 Å². The summed E-state index contributed by atoms with van der Waals surface area (Å²) in [5.74, 6) is 0.899. The number of benzene rings is 1. The van der Waals surface area contributed by atoms with Gasteiger partial charge in [0.15, 0.2) is 0 Å². The molecule has 1 aromatic rings. The minimum absolute atomic E-state index is 0. The molecule has 0 radical (unpaired) electrons. The predicted molar refractivity (Wildman–Crippen MR) is 79.9 cm³/mol. The van der Waals surface area contributed by atoms with E-state index in [4.69, 9.17) is 4.74 Å². The maximum absolute atomic E-state index is 5.75. The van der Waals surface area contributed by atoms with Gasteiger partial charge in [0.2, 0.25) is 0 Å². The topological polar surface area (TPSA) is 9.23 Å². The van der Waals surface area contributed by atoms with Gasteiger partial charge in [-0.15, -0.1) is 12.1 Å². The zero-order valence-electron chi connectivity index (χ0n) is 12.8. The first kappa shape index (κ1) is 16.6. The quantitative estimate of drug-likeness (QED) is 0.587. The van der Waals surface area contributed by atoms with Crippen molar-refractivity contribution >= 4 is 8.07 Å². The molecule has 1 aliphatic rings. The summed E-state index contributed by atoms with van der Waals surface area (Å²) in [6.07, 6.45) is 7.14. The van der Waals surface area contributed by atoms with Gasteiger partial charge in [-0.05, 0) is 0 Å². The van der Waals surface area contributed by atoms with E-state index in [2.05, 4.69) is 49.6 Å². The SMILES string of the molecule is C[Si](C)(C)/C=C/COc1[c-]c2c(cc1)CCCC2.[Li+]. The second-order valence-electron chi connectivity index (χ2n) is 6.11. The molecule has 0 aromatic heterocycles. The van der Waals surface area contributed by atoms with Gasteiger partial charge in [-0.3, -0.25) is 0 Å². The molecule has 0 unspecified atom stereocenters. The van der Waals surface area contributed by atoms with Crippen LogP contribution in [0.2, 0.25) is 19.6 Å². The van der Waals surface area contributed by atoms with E-state index in [1.165, 1.54) is 30.4 Å². The van der Waals surface area contributed by atoms with Gasteiger partial charge in [0, 0.05) is 5.75 Å². The molecule has 0 aliphatic heterocycles. The van der Waals surface area contributed by atoms with E-state index >= 15 is 0 Å². The molecule has 0 spiro atoms. The maximum atomic E-state index is 5.75. The fourth-order valence-corrected chi connectivity index (χ4v) is 3.05.